The van der Waals surface area contributed by atoms with Gasteiger partial charge in [0.05, 0.1) is 0 Å². The molecule has 2 saturated carbocycles. The summed E-state index contributed by atoms with van der Waals surface area (Å²) in [5, 5.41) is 3.01. The molecule has 0 spiro atoms. The Morgan fingerprint density at radius 3 is 2.61 bits per heavy atom. The number of hydrogen-bond acceptors (Lipinski definition) is 2. The van der Waals surface area contributed by atoms with Gasteiger partial charge in [-0.15, -0.1) is 0 Å². The molecule has 2 amide bonds. The van der Waals surface area contributed by atoms with Crippen molar-refractivity contribution in [2.24, 2.45) is 11.8 Å². The van der Waals surface area contributed by atoms with Crippen LogP contribution in [0.15, 0.2) is 0 Å². The van der Waals surface area contributed by atoms with Crippen molar-refractivity contribution in [1.29, 1.82) is 0 Å². The molecule has 18 heavy (non-hydrogen) atoms. The number of likely N-dealkylation sites (tertiary alicyclic amines) is 1. The first-order valence-electron chi connectivity index (χ1n) is 7.28. The van der Waals surface area contributed by atoms with Crippen LogP contribution >= 0.6 is 0 Å². The number of rotatable bonds is 5. The monoisotopic (exact) mass is 250 g/mol. The molecule has 3 rings (SSSR count). The molecule has 0 unspecified atom stereocenters. The lowest BCUT2D eigenvalue weighted by atomic mass is 9.83. The molecule has 2 aliphatic carbocycles. The van der Waals surface area contributed by atoms with Crippen molar-refractivity contribution in [1.82, 2.24) is 10.2 Å². The molecule has 0 aromatic heterocycles. The highest BCUT2D eigenvalue weighted by Crippen LogP contribution is 2.32. The number of carbonyl (C=O) groups excluding carboxylic acids is 2. The second-order valence-corrected chi connectivity index (χ2v) is 6.15. The lowest BCUT2D eigenvalue weighted by molar-refractivity contribution is -0.128. The standard InChI is InChI=1S/C14H22N2O2/c17-13(6-10-2-1-3-10)15-8-11-7-14(18)16(9-11)12-4-5-12/h10-12H,1-9H2,(H,15,17)/t11-/m0/s1. The Hall–Kier alpha value is -1.06. The molecule has 4 heteroatoms. The highest BCUT2D eigenvalue weighted by atomic mass is 16.2. The fourth-order valence-electron chi connectivity index (χ4n) is 2.97. The van der Waals surface area contributed by atoms with E-state index in [1.54, 1.807) is 0 Å². The van der Waals surface area contributed by atoms with E-state index in [4.69, 9.17) is 0 Å². The van der Waals surface area contributed by atoms with Crippen LogP contribution in [-0.4, -0.2) is 35.8 Å². The molecule has 3 aliphatic rings. The highest BCUT2D eigenvalue weighted by molar-refractivity contribution is 5.80. The normalized spacial score (nSPS) is 28.3. The van der Waals surface area contributed by atoms with Gasteiger partial charge in [0.15, 0.2) is 0 Å². The third-order valence-corrected chi connectivity index (χ3v) is 4.51. The van der Waals surface area contributed by atoms with Gasteiger partial charge < -0.3 is 10.2 Å². The topological polar surface area (TPSA) is 49.4 Å². The van der Waals surface area contributed by atoms with Crippen LogP contribution in [0, 0.1) is 11.8 Å². The molecule has 3 fully saturated rings. The third kappa shape index (κ3) is 2.68. The van der Waals surface area contributed by atoms with Gasteiger partial charge in [0.1, 0.15) is 0 Å². The van der Waals surface area contributed by atoms with Gasteiger partial charge in [-0.2, -0.15) is 0 Å². The molecule has 1 N–H and O–H groups in total. The Kier molecular flexibility index (Phi) is 3.27. The summed E-state index contributed by atoms with van der Waals surface area (Å²) in [7, 11) is 0. The lowest BCUT2D eigenvalue weighted by Gasteiger charge is -2.24. The largest absolute Gasteiger partial charge is 0.356 e. The van der Waals surface area contributed by atoms with Crippen molar-refractivity contribution in [2.45, 2.75) is 51.0 Å². The molecule has 0 aromatic carbocycles. The maximum atomic E-state index is 11.8. The van der Waals surface area contributed by atoms with Crippen LogP contribution in [0.2, 0.25) is 0 Å². The van der Waals surface area contributed by atoms with Gasteiger partial charge in [0, 0.05) is 37.9 Å². The second kappa shape index (κ2) is 4.90. The predicted octanol–water partition coefficient (Wildman–Crippen LogP) is 1.30. The van der Waals surface area contributed by atoms with E-state index in [1.807, 2.05) is 4.90 Å². The SMILES string of the molecule is O=C(CC1CCC1)NC[C@@H]1CC(=O)N(C2CC2)C1. The maximum Gasteiger partial charge on any atom is 0.223 e. The Morgan fingerprint density at radius 1 is 1.22 bits per heavy atom. The van der Waals surface area contributed by atoms with E-state index >= 15 is 0 Å². The Morgan fingerprint density at radius 2 is 2.00 bits per heavy atom. The zero-order valence-corrected chi connectivity index (χ0v) is 10.9. The molecule has 100 valence electrons. The minimum atomic E-state index is 0.178. The van der Waals surface area contributed by atoms with Crippen molar-refractivity contribution in [3.05, 3.63) is 0 Å². The number of carbonyl (C=O) groups is 2. The van der Waals surface area contributed by atoms with Gasteiger partial charge in [-0.1, -0.05) is 6.42 Å². The van der Waals surface area contributed by atoms with Crippen molar-refractivity contribution in [3.8, 4) is 0 Å². The van der Waals surface area contributed by atoms with Crippen molar-refractivity contribution >= 4 is 11.8 Å². The van der Waals surface area contributed by atoms with Gasteiger partial charge in [0.2, 0.25) is 11.8 Å². The van der Waals surface area contributed by atoms with Crippen LogP contribution in [0.25, 0.3) is 0 Å². The minimum absolute atomic E-state index is 0.178. The predicted molar refractivity (Wildman–Crippen MR) is 67.8 cm³/mol. The summed E-state index contributed by atoms with van der Waals surface area (Å²) in [6.07, 6.45) is 7.37. The number of nitrogens with zero attached hydrogens (tertiary/aromatic N) is 1. The van der Waals surface area contributed by atoms with E-state index < -0.39 is 0 Å². The van der Waals surface area contributed by atoms with Crippen LogP contribution in [0.3, 0.4) is 0 Å². The first-order chi connectivity index (χ1) is 8.72. The summed E-state index contributed by atoms with van der Waals surface area (Å²) in [6.45, 7) is 1.54. The molecule has 1 heterocycles. The molecule has 0 aromatic rings. The molecule has 1 atom stereocenters. The maximum absolute atomic E-state index is 11.8. The second-order valence-electron chi connectivity index (χ2n) is 6.15. The van der Waals surface area contributed by atoms with Crippen molar-refractivity contribution in [2.75, 3.05) is 13.1 Å². The van der Waals surface area contributed by atoms with E-state index in [9.17, 15) is 9.59 Å². The zero-order valence-electron chi connectivity index (χ0n) is 10.9. The summed E-state index contributed by atoms with van der Waals surface area (Å²) in [5.41, 5.74) is 0. The average Bonchev–Trinajstić information content (AvgIpc) is 3.06. The van der Waals surface area contributed by atoms with E-state index in [1.165, 1.54) is 32.1 Å². The highest BCUT2D eigenvalue weighted by Gasteiger charge is 2.39. The first-order valence-corrected chi connectivity index (χ1v) is 7.28. The quantitative estimate of drug-likeness (QED) is 0.799. The van der Waals surface area contributed by atoms with Crippen LogP contribution in [0.5, 0.6) is 0 Å². The summed E-state index contributed by atoms with van der Waals surface area (Å²) in [4.78, 5) is 25.5. The number of hydrogen-bond donors (Lipinski definition) is 1. The van der Waals surface area contributed by atoms with Gasteiger partial charge in [0.25, 0.3) is 0 Å². The van der Waals surface area contributed by atoms with E-state index in [0.717, 1.165) is 6.54 Å². The minimum Gasteiger partial charge on any atom is -0.356 e. The van der Waals surface area contributed by atoms with Crippen LogP contribution < -0.4 is 5.32 Å². The molecule has 0 radical (unpaired) electrons. The van der Waals surface area contributed by atoms with Gasteiger partial charge in [-0.3, -0.25) is 9.59 Å². The average molecular weight is 250 g/mol. The summed E-state index contributed by atoms with van der Waals surface area (Å²) in [5.74, 6) is 1.43. The Balaban J connectivity index is 1.38. The van der Waals surface area contributed by atoms with Crippen LogP contribution in [0.4, 0.5) is 0 Å². The molecule has 1 saturated heterocycles. The molecular formula is C14H22N2O2. The Bertz CT molecular complexity index is 348. The van der Waals surface area contributed by atoms with Gasteiger partial charge >= 0.3 is 0 Å². The molecule has 1 aliphatic heterocycles. The molecule has 4 nitrogen and oxygen atoms in total. The fraction of sp³-hybridized carbons (Fsp3) is 0.857. The van der Waals surface area contributed by atoms with Crippen LogP contribution in [-0.2, 0) is 9.59 Å². The molecule has 0 bridgehead atoms. The van der Waals surface area contributed by atoms with Crippen molar-refractivity contribution in [3.63, 3.8) is 0 Å². The smallest absolute Gasteiger partial charge is 0.223 e. The summed E-state index contributed by atoms with van der Waals surface area (Å²) in [6, 6.07) is 0.521. The fourth-order valence-corrected chi connectivity index (χ4v) is 2.97. The van der Waals surface area contributed by atoms with E-state index in [-0.39, 0.29) is 11.8 Å². The van der Waals surface area contributed by atoms with E-state index in [2.05, 4.69) is 5.32 Å². The van der Waals surface area contributed by atoms with Crippen LogP contribution in [0.1, 0.15) is 44.9 Å². The van der Waals surface area contributed by atoms with E-state index in [0.29, 0.717) is 37.3 Å². The lowest BCUT2D eigenvalue weighted by Crippen LogP contribution is -2.33. The van der Waals surface area contributed by atoms with Gasteiger partial charge in [-0.05, 0) is 31.6 Å². The van der Waals surface area contributed by atoms with Crippen molar-refractivity contribution < 1.29 is 9.59 Å². The zero-order chi connectivity index (χ0) is 12.5. The third-order valence-electron chi connectivity index (χ3n) is 4.51. The number of nitrogens with one attached hydrogen (secondary N) is 1. The molecular weight excluding hydrogens is 228 g/mol. The summed E-state index contributed by atoms with van der Waals surface area (Å²) < 4.78 is 0. The first kappa shape index (κ1) is 12.0. The Labute approximate surface area is 108 Å². The van der Waals surface area contributed by atoms with Gasteiger partial charge in [-0.25, -0.2) is 0 Å². The number of amides is 2. The summed E-state index contributed by atoms with van der Waals surface area (Å²) >= 11 is 0.